The van der Waals surface area contributed by atoms with Gasteiger partial charge in [0.25, 0.3) is 11.1 Å². The first-order valence-corrected chi connectivity index (χ1v) is 11.6. The molecule has 0 saturated carbocycles. The number of Topliss-reactive ketones (excluding diaryl/α,β-unsaturated/α-hetero) is 1. The molecule has 0 bridgehead atoms. The molecule has 3 rings (SSSR count). The van der Waals surface area contributed by atoms with Crippen molar-refractivity contribution in [3.8, 4) is 11.5 Å². The minimum absolute atomic E-state index is 0.0503. The molecule has 0 aliphatic carbocycles. The number of ketones is 1. The number of thioether (sulfide) groups is 1. The fourth-order valence-electron chi connectivity index (χ4n) is 3.19. The zero-order valence-electron chi connectivity index (χ0n) is 18.9. The van der Waals surface area contributed by atoms with Gasteiger partial charge in [-0.3, -0.25) is 19.3 Å². The average molecular weight is 520 g/mol. The highest BCUT2D eigenvalue weighted by Crippen LogP contribution is 2.39. The molecule has 1 saturated heterocycles. The third-order valence-electron chi connectivity index (χ3n) is 4.70. The molecule has 0 unspecified atom stereocenters. The van der Waals surface area contributed by atoms with Crippen LogP contribution in [0.25, 0.3) is 6.08 Å². The summed E-state index contributed by atoms with van der Waals surface area (Å²) in [6, 6.07) is 9.49. The van der Waals surface area contributed by atoms with Gasteiger partial charge in [0, 0.05) is 7.11 Å². The highest BCUT2D eigenvalue weighted by atomic mass is 35.5. The van der Waals surface area contributed by atoms with E-state index in [0.29, 0.717) is 23.5 Å². The molecule has 0 aromatic heterocycles. The second kappa shape index (κ2) is 11.9. The van der Waals surface area contributed by atoms with Gasteiger partial charge in [0.1, 0.15) is 13.2 Å². The van der Waals surface area contributed by atoms with Crippen molar-refractivity contribution in [1.82, 2.24) is 4.90 Å². The number of ether oxygens (including phenoxy) is 3. The summed E-state index contributed by atoms with van der Waals surface area (Å²) in [5.74, 6) is -1.46. The number of nitrogens with zero attached hydrogens (tertiary/aromatic N) is 1. The number of carbonyl (C=O) groups excluding carboxylic acids is 3. The first-order valence-electron chi connectivity index (χ1n) is 10.4. The Labute approximate surface area is 210 Å². The number of amides is 2. The Morgan fingerprint density at radius 2 is 1.94 bits per heavy atom. The summed E-state index contributed by atoms with van der Waals surface area (Å²) in [6.45, 7) is 1.58. The lowest BCUT2D eigenvalue weighted by molar-refractivity contribution is -0.130. The Balaban J connectivity index is 1.82. The topological polar surface area (TPSA) is 119 Å². The standard InChI is InChI=1S/C24H22ClNO8S/c1-3-33-19-9-15(10-20-22(28)26(24(31)35-20)11-17(27)13-32-2)8-18(25)21(19)34-12-14-5-4-6-16(7-14)23(29)30/h4-10H,3,11-13H2,1-2H3,(H,29,30)/b20-10+. The second-order valence-corrected chi connectivity index (χ2v) is 8.70. The quantitative estimate of drug-likeness (QED) is 0.434. The van der Waals surface area contributed by atoms with Gasteiger partial charge in [-0.15, -0.1) is 0 Å². The fourth-order valence-corrected chi connectivity index (χ4v) is 4.31. The minimum Gasteiger partial charge on any atom is -0.490 e. The van der Waals surface area contributed by atoms with E-state index in [-0.39, 0.29) is 41.0 Å². The molecule has 1 aliphatic heterocycles. The van der Waals surface area contributed by atoms with Crippen LogP contribution in [-0.4, -0.2) is 59.8 Å². The van der Waals surface area contributed by atoms with Crippen molar-refractivity contribution in [2.24, 2.45) is 0 Å². The van der Waals surface area contributed by atoms with Crippen LogP contribution >= 0.6 is 23.4 Å². The van der Waals surface area contributed by atoms with Crippen LogP contribution in [-0.2, 0) is 20.9 Å². The summed E-state index contributed by atoms with van der Waals surface area (Å²) >= 11 is 7.16. The lowest BCUT2D eigenvalue weighted by Gasteiger charge is -2.15. The fraction of sp³-hybridized carbons (Fsp3) is 0.250. The number of aromatic carboxylic acids is 1. The molecular weight excluding hydrogens is 498 g/mol. The van der Waals surface area contributed by atoms with Crippen molar-refractivity contribution in [2.45, 2.75) is 13.5 Å². The van der Waals surface area contributed by atoms with Gasteiger partial charge in [-0.1, -0.05) is 23.7 Å². The second-order valence-electron chi connectivity index (χ2n) is 7.30. The van der Waals surface area contributed by atoms with Gasteiger partial charge in [-0.2, -0.15) is 0 Å². The smallest absolute Gasteiger partial charge is 0.335 e. The largest absolute Gasteiger partial charge is 0.490 e. The number of carboxylic acid groups (broad SMARTS) is 1. The molecule has 1 aliphatic rings. The van der Waals surface area contributed by atoms with Crippen LogP contribution < -0.4 is 9.47 Å². The molecule has 2 aromatic carbocycles. The van der Waals surface area contributed by atoms with Crippen molar-refractivity contribution in [1.29, 1.82) is 0 Å². The molecule has 184 valence electrons. The van der Waals surface area contributed by atoms with Crippen LogP contribution in [0.3, 0.4) is 0 Å². The molecule has 35 heavy (non-hydrogen) atoms. The monoisotopic (exact) mass is 519 g/mol. The molecule has 0 spiro atoms. The van der Waals surface area contributed by atoms with Crippen LogP contribution in [0.5, 0.6) is 11.5 Å². The first-order chi connectivity index (χ1) is 16.7. The molecule has 11 heteroatoms. The van der Waals surface area contributed by atoms with Crippen molar-refractivity contribution in [3.63, 3.8) is 0 Å². The first kappa shape index (κ1) is 26.3. The van der Waals surface area contributed by atoms with E-state index in [2.05, 4.69) is 0 Å². The SMILES string of the molecule is CCOc1cc(/C=C2/SC(=O)N(CC(=O)COC)C2=O)cc(Cl)c1OCc1cccc(C(=O)O)c1. The van der Waals surface area contributed by atoms with E-state index in [1.165, 1.54) is 25.3 Å². The third kappa shape index (κ3) is 6.62. The average Bonchev–Trinajstić information content (AvgIpc) is 3.06. The zero-order valence-corrected chi connectivity index (χ0v) is 20.5. The summed E-state index contributed by atoms with van der Waals surface area (Å²) in [5, 5.41) is 8.81. The number of hydrogen-bond donors (Lipinski definition) is 1. The normalized spacial score (nSPS) is 14.5. The molecule has 0 radical (unpaired) electrons. The summed E-state index contributed by atoms with van der Waals surface area (Å²) in [7, 11) is 1.35. The molecule has 1 N–H and O–H groups in total. The number of carbonyl (C=O) groups is 4. The van der Waals surface area contributed by atoms with Crippen LogP contribution in [0.15, 0.2) is 41.3 Å². The van der Waals surface area contributed by atoms with Gasteiger partial charge in [0.05, 0.1) is 28.6 Å². The Morgan fingerprint density at radius 1 is 1.17 bits per heavy atom. The summed E-state index contributed by atoms with van der Waals surface area (Å²) in [6.07, 6.45) is 1.49. The van der Waals surface area contributed by atoms with Crippen molar-refractivity contribution in [3.05, 3.63) is 63.0 Å². The lowest BCUT2D eigenvalue weighted by atomic mass is 10.1. The highest BCUT2D eigenvalue weighted by molar-refractivity contribution is 8.18. The van der Waals surface area contributed by atoms with Crippen molar-refractivity contribution in [2.75, 3.05) is 26.9 Å². The Kier molecular flexibility index (Phi) is 8.91. The molecule has 9 nitrogen and oxygen atoms in total. The lowest BCUT2D eigenvalue weighted by Crippen LogP contribution is -2.35. The molecule has 1 fully saturated rings. The molecular formula is C24H22ClNO8S. The van der Waals surface area contributed by atoms with Crippen LogP contribution in [0.4, 0.5) is 4.79 Å². The summed E-state index contributed by atoms with van der Waals surface area (Å²) in [4.78, 5) is 48.9. The Hall–Kier alpha value is -3.34. The summed E-state index contributed by atoms with van der Waals surface area (Å²) in [5.41, 5.74) is 1.26. The van der Waals surface area contributed by atoms with E-state index in [1.54, 1.807) is 31.2 Å². The maximum atomic E-state index is 12.6. The van der Waals surface area contributed by atoms with Gasteiger partial charge in [-0.25, -0.2) is 4.79 Å². The molecule has 2 aromatic rings. The number of rotatable bonds is 11. The van der Waals surface area contributed by atoms with E-state index >= 15 is 0 Å². The Bertz CT molecular complexity index is 1200. The van der Waals surface area contributed by atoms with Gasteiger partial charge < -0.3 is 19.3 Å². The van der Waals surface area contributed by atoms with Crippen molar-refractivity contribution >= 4 is 52.3 Å². The predicted octanol–water partition coefficient (Wildman–Crippen LogP) is 4.27. The summed E-state index contributed by atoms with van der Waals surface area (Å²) < 4.78 is 16.2. The molecule has 2 amide bonds. The van der Waals surface area contributed by atoms with Crippen molar-refractivity contribution < 1.29 is 38.5 Å². The van der Waals surface area contributed by atoms with Crippen LogP contribution in [0.2, 0.25) is 5.02 Å². The third-order valence-corrected chi connectivity index (χ3v) is 5.89. The van der Waals surface area contributed by atoms with E-state index in [9.17, 15) is 19.2 Å². The number of benzene rings is 2. The molecule has 0 atom stereocenters. The maximum absolute atomic E-state index is 12.6. The number of imide groups is 1. The maximum Gasteiger partial charge on any atom is 0.335 e. The van der Waals surface area contributed by atoms with E-state index in [0.717, 1.165) is 16.7 Å². The van der Waals surface area contributed by atoms with Gasteiger partial charge >= 0.3 is 5.97 Å². The number of hydrogen-bond acceptors (Lipinski definition) is 8. The minimum atomic E-state index is -1.04. The van der Waals surface area contributed by atoms with Gasteiger partial charge in [0.2, 0.25) is 0 Å². The predicted molar refractivity (Wildman–Crippen MR) is 130 cm³/mol. The van der Waals surface area contributed by atoms with E-state index in [4.69, 9.17) is 30.9 Å². The van der Waals surface area contributed by atoms with E-state index < -0.39 is 22.9 Å². The van der Waals surface area contributed by atoms with Crippen LogP contribution in [0, 0.1) is 0 Å². The number of methoxy groups -OCH3 is 1. The van der Waals surface area contributed by atoms with Crippen LogP contribution in [0.1, 0.15) is 28.4 Å². The Morgan fingerprint density at radius 3 is 2.63 bits per heavy atom. The molecule has 1 heterocycles. The highest BCUT2D eigenvalue weighted by Gasteiger charge is 2.36. The van der Waals surface area contributed by atoms with Gasteiger partial charge in [0.15, 0.2) is 17.3 Å². The van der Waals surface area contributed by atoms with Gasteiger partial charge in [-0.05, 0) is 60.2 Å². The number of halogens is 1. The van der Waals surface area contributed by atoms with E-state index in [1.807, 2.05) is 0 Å². The zero-order chi connectivity index (χ0) is 25.5. The number of carboxylic acids is 1.